The summed E-state index contributed by atoms with van der Waals surface area (Å²) in [6.45, 7) is 7.39. The van der Waals surface area contributed by atoms with Crippen LogP contribution in [-0.2, 0) is 17.8 Å². The number of nitrogens with zero attached hydrogens (tertiary/aromatic N) is 2. The molecule has 1 amide bonds. The predicted molar refractivity (Wildman–Crippen MR) is 107 cm³/mol. The van der Waals surface area contributed by atoms with E-state index in [9.17, 15) is 4.79 Å². The first kappa shape index (κ1) is 20.1. The number of rotatable bonds is 5. The lowest BCUT2D eigenvalue weighted by atomic mass is 10.1. The standard InChI is InChI=1S/C20H23Cl2N3O2/c1-13-10-25(11-14(2)27-13)12-16-5-3-15(4-6-16)9-23-20(26)19-17(21)7-8-18(22)24-19/h3-8,13-14H,9-12H2,1-2H3,(H,23,26). The average molecular weight is 408 g/mol. The molecule has 3 rings (SSSR count). The summed E-state index contributed by atoms with van der Waals surface area (Å²) in [5.74, 6) is -0.345. The van der Waals surface area contributed by atoms with E-state index in [4.69, 9.17) is 27.9 Å². The van der Waals surface area contributed by atoms with E-state index < -0.39 is 0 Å². The molecule has 2 atom stereocenters. The molecule has 1 aliphatic rings. The minimum absolute atomic E-state index is 0.136. The normalized spacial score (nSPS) is 20.4. The summed E-state index contributed by atoms with van der Waals surface area (Å²) in [5, 5.41) is 3.34. The molecule has 0 bridgehead atoms. The molecule has 1 fully saturated rings. The highest BCUT2D eigenvalue weighted by Crippen LogP contribution is 2.17. The molecule has 2 aromatic rings. The van der Waals surface area contributed by atoms with E-state index in [-0.39, 0.29) is 34.0 Å². The van der Waals surface area contributed by atoms with E-state index in [0.29, 0.717) is 6.54 Å². The van der Waals surface area contributed by atoms with Crippen molar-refractivity contribution in [3.05, 3.63) is 63.4 Å². The van der Waals surface area contributed by atoms with Crippen molar-refractivity contribution < 1.29 is 9.53 Å². The molecule has 1 aromatic carbocycles. The third-order valence-corrected chi connectivity index (χ3v) is 4.92. The molecular formula is C20H23Cl2N3O2. The van der Waals surface area contributed by atoms with E-state index in [2.05, 4.69) is 41.2 Å². The summed E-state index contributed by atoms with van der Waals surface area (Å²) in [6, 6.07) is 11.4. The fourth-order valence-electron chi connectivity index (χ4n) is 3.28. The van der Waals surface area contributed by atoms with Gasteiger partial charge in [-0.15, -0.1) is 0 Å². The van der Waals surface area contributed by atoms with Crippen molar-refractivity contribution in [3.63, 3.8) is 0 Å². The molecule has 0 aliphatic carbocycles. The first-order valence-electron chi connectivity index (χ1n) is 8.96. The summed E-state index contributed by atoms with van der Waals surface area (Å²) in [7, 11) is 0. The highest BCUT2D eigenvalue weighted by atomic mass is 35.5. The van der Waals surface area contributed by atoms with Gasteiger partial charge < -0.3 is 10.1 Å². The minimum atomic E-state index is -0.345. The Morgan fingerprint density at radius 3 is 2.41 bits per heavy atom. The molecule has 2 heterocycles. The number of amides is 1. The Kier molecular flexibility index (Phi) is 6.71. The molecule has 144 valence electrons. The number of hydrogen-bond donors (Lipinski definition) is 1. The first-order valence-corrected chi connectivity index (χ1v) is 9.72. The Morgan fingerprint density at radius 2 is 1.74 bits per heavy atom. The number of morpholine rings is 1. The Bertz CT molecular complexity index is 788. The van der Waals surface area contributed by atoms with E-state index in [1.165, 1.54) is 5.56 Å². The van der Waals surface area contributed by atoms with E-state index in [1.54, 1.807) is 12.1 Å². The number of hydrogen-bond acceptors (Lipinski definition) is 4. The predicted octanol–water partition coefficient (Wildman–Crippen LogP) is 3.93. The minimum Gasteiger partial charge on any atom is -0.373 e. The van der Waals surface area contributed by atoms with Crippen LogP contribution in [0.1, 0.15) is 35.5 Å². The van der Waals surface area contributed by atoms with Crippen molar-refractivity contribution in [2.45, 2.75) is 39.1 Å². The first-order chi connectivity index (χ1) is 12.9. The third kappa shape index (κ3) is 5.66. The van der Waals surface area contributed by atoms with Gasteiger partial charge in [0.15, 0.2) is 0 Å². The number of aromatic nitrogens is 1. The number of pyridine rings is 1. The second kappa shape index (κ2) is 9.02. The van der Waals surface area contributed by atoms with Crippen LogP contribution in [0.4, 0.5) is 0 Å². The monoisotopic (exact) mass is 407 g/mol. The van der Waals surface area contributed by atoms with E-state index in [0.717, 1.165) is 25.2 Å². The highest BCUT2D eigenvalue weighted by Gasteiger charge is 2.22. The number of carbonyl (C=O) groups is 1. The molecule has 27 heavy (non-hydrogen) atoms. The number of halogens is 2. The van der Waals surface area contributed by atoms with Gasteiger partial charge in [-0.25, -0.2) is 4.98 Å². The van der Waals surface area contributed by atoms with Gasteiger partial charge in [0.2, 0.25) is 0 Å². The van der Waals surface area contributed by atoms with Gasteiger partial charge in [0, 0.05) is 26.2 Å². The van der Waals surface area contributed by atoms with Crippen molar-refractivity contribution in [2.75, 3.05) is 13.1 Å². The molecule has 1 aromatic heterocycles. The molecule has 1 aliphatic heterocycles. The topological polar surface area (TPSA) is 54.5 Å². The van der Waals surface area contributed by atoms with Gasteiger partial charge in [0.05, 0.1) is 17.2 Å². The van der Waals surface area contributed by atoms with Gasteiger partial charge in [0.25, 0.3) is 5.91 Å². The summed E-state index contributed by atoms with van der Waals surface area (Å²) in [5.41, 5.74) is 2.39. The van der Waals surface area contributed by atoms with Crippen LogP contribution in [0.2, 0.25) is 10.2 Å². The van der Waals surface area contributed by atoms with Crippen LogP contribution in [-0.4, -0.2) is 41.1 Å². The maximum atomic E-state index is 12.2. The summed E-state index contributed by atoms with van der Waals surface area (Å²) < 4.78 is 5.78. The highest BCUT2D eigenvalue weighted by molar-refractivity contribution is 6.34. The van der Waals surface area contributed by atoms with Crippen LogP contribution in [0.3, 0.4) is 0 Å². The molecule has 2 unspecified atom stereocenters. The molecule has 1 saturated heterocycles. The molecule has 5 nitrogen and oxygen atoms in total. The van der Waals surface area contributed by atoms with Crippen LogP contribution < -0.4 is 5.32 Å². The summed E-state index contributed by atoms with van der Waals surface area (Å²) >= 11 is 11.8. The van der Waals surface area contributed by atoms with E-state index >= 15 is 0 Å². The Balaban J connectivity index is 1.54. The third-order valence-electron chi connectivity index (χ3n) is 4.40. The van der Waals surface area contributed by atoms with Crippen LogP contribution >= 0.6 is 23.2 Å². The lowest BCUT2D eigenvalue weighted by Crippen LogP contribution is -2.44. The van der Waals surface area contributed by atoms with Crippen molar-refractivity contribution >= 4 is 29.1 Å². The van der Waals surface area contributed by atoms with E-state index in [1.807, 2.05) is 12.1 Å². The number of ether oxygens (including phenoxy) is 1. The zero-order valence-electron chi connectivity index (χ0n) is 15.4. The maximum absolute atomic E-state index is 12.2. The van der Waals surface area contributed by atoms with Gasteiger partial charge in [-0.05, 0) is 37.1 Å². The van der Waals surface area contributed by atoms with Crippen LogP contribution in [0, 0.1) is 0 Å². The summed E-state index contributed by atoms with van der Waals surface area (Å²) in [4.78, 5) is 18.6. The molecule has 0 saturated carbocycles. The maximum Gasteiger partial charge on any atom is 0.271 e. The van der Waals surface area contributed by atoms with Crippen LogP contribution in [0.25, 0.3) is 0 Å². The molecule has 7 heteroatoms. The molecule has 1 N–H and O–H groups in total. The number of nitrogens with one attached hydrogen (secondary N) is 1. The zero-order valence-corrected chi connectivity index (χ0v) is 16.9. The second-order valence-corrected chi connectivity index (χ2v) is 7.71. The van der Waals surface area contributed by atoms with Gasteiger partial charge in [-0.2, -0.15) is 0 Å². The smallest absolute Gasteiger partial charge is 0.271 e. The van der Waals surface area contributed by atoms with Crippen LogP contribution in [0.15, 0.2) is 36.4 Å². The van der Waals surface area contributed by atoms with Gasteiger partial charge in [-0.1, -0.05) is 47.5 Å². The second-order valence-electron chi connectivity index (χ2n) is 6.91. The SMILES string of the molecule is CC1CN(Cc2ccc(CNC(=O)c3nc(Cl)ccc3Cl)cc2)CC(C)O1. The quantitative estimate of drug-likeness (QED) is 0.762. The Morgan fingerprint density at radius 1 is 1.11 bits per heavy atom. The van der Waals surface area contributed by atoms with Gasteiger partial charge in [0.1, 0.15) is 10.8 Å². The summed E-state index contributed by atoms with van der Waals surface area (Å²) in [6.07, 6.45) is 0.519. The Hall–Kier alpha value is -1.66. The van der Waals surface area contributed by atoms with Gasteiger partial charge in [-0.3, -0.25) is 9.69 Å². The lowest BCUT2D eigenvalue weighted by Gasteiger charge is -2.35. The molecule has 0 radical (unpaired) electrons. The lowest BCUT2D eigenvalue weighted by molar-refractivity contribution is -0.0704. The van der Waals surface area contributed by atoms with Crippen molar-refractivity contribution in [1.82, 2.24) is 15.2 Å². The largest absolute Gasteiger partial charge is 0.373 e. The fourth-order valence-corrected chi connectivity index (χ4v) is 3.62. The number of carbonyl (C=O) groups excluding carboxylic acids is 1. The molecule has 0 spiro atoms. The van der Waals surface area contributed by atoms with Crippen molar-refractivity contribution in [3.8, 4) is 0 Å². The van der Waals surface area contributed by atoms with Crippen LogP contribution in [0.5, 0.6) is 0 Å². The van der Waals surface area contributed by atoms with Crippen molar-refractivity contribution in [1.29, 1.82) is 0 Å². The van der Waals surface area contributed by atoms with Gasteiger partial charge >= 0.3 is 0 Å². The van der Waals surface area contributed by atoms with Crippen molar-refractivity contribution in [2.24, 2.45) is 0 Å². The zero-order chi connectivity index (χ0) is 19.4. The average Bonchev–Trinajstić information content (AvgIpc) is 2.62. The Labute approximate surface area is 169 Å². The molecular weight excluding hydrogens is 385 g/mol. The number of benzene rings is 1. The fraction of sp³-hybridized carbons (Fsp3) is 0.400.